The molecule has 0 amide bonds. The van der Waals surface area contributed by atoms with E-state index in [1.165, 1.54) is 49.0 Å². The first kappa shape index (κ1) is 16.3. The Morgan fingerprint density at radius 2 is 1.43 bits per heavy atom. The molecule has 0 spiro atoms. The van der Waals surface area contributed by atoms with E-state index in [4.69, 9.17) is 0 Å². The SMILES string of the molecule is CN(C)Cc1ccc(CCCCCCc2ccccc2)s1. The van der Waals surface area contributed by atoms with Gasteiger partial charge < -0.3 is 4.90 Å². The molecule has 0 unspecified atom stereocenters. The van der Waals surface area contributed by atoms with Gasteiger partial charge in [-0.3, -0.25) is 0 Å². The van der Waals surface area contributed by atoms with Crippen molar-refractivity contribution in [1.82, 2.24) is 4.90 Å². The van der Waals surface area contributed by atoms with Crippen LogP contribution in [0.4, 0.5) is 0 Å². The van der Waals surface area contributed by atoms with Crippen molar-refractivity contribution < 1.29 is 0 Å². The van der Waals surface area contributed by atoms with Crippen LogP contribution in [0.1, 0.15) is 41.0 Å². The Morgan fingerprint density at radius 3 is 2.14 bits per heavy atom. The lowest BCUT2D eigenvalue weighted by Crippen LogP contribution is -2.09. The molecule has 1 nitrogen and oxygen atoms in total. The molecule has 2 rings (SSSR count). The van der Waals surface area contributed by atoms with Crippen molar-refractivity contribution in [3.05, 3.63) is 57.8 Å². The average molecular weight is 301 g/mol. The van der Waals surface area contributed by atoms with Crippen LogP contribution in [0.3, 0.4) is 0 Å². The second-order valence-electron chi connectivity index (χ2n) is 6.01. The van der Waals surface area contributed by atoms with Gasteiger partial charge in [0.15, 0.2) is 0 Å². The third kappa shape index (κ3) is 6.45. The number of rotatable bonds is 9. The maximum absolute atomic E-state index is 2.31. The Kier molecular flexibility index (Phi) is 6.98. The second-order valence-corrected chi connectivity index (χ2v) is 7.26. The van der Waals surface area contributed by atoms with E-state index in [1.807, 2.05) is 11.3 Å². The summed E-state index contributed by atoms with van der Waals surface area (Å²) < 4.78 is 0. The molecule has 114 valence electrons. The molecule has 0 saturated heterocycles. The Balaban J connectivity index is 1.56. The van der Waals surface area contributed by atoms with Gasteiger partial charge in [0.2, 0.25) is 0 Å². The first-order chi connectivity index (χ1) is 10.2. The highest BCUT2D eigenvalue weighted by Gasteiger charge is 2.01. The van der Waals surface area contributed by atoms with Crippen molar-refractivity contribution in [2.45, 2.75) is 45.1 Å². The molecule has 0 aliphatic heterocycles. The predicted octanol–water partition coefficient (Wildman–Crippen LogP) is 5.16. The van der Waals surface area contributed by atoms with E-state index in [2.05, 4.69) is 61.5 Å². The van der Waals surface area contributed by atoms with Gasteiger partial charge in [0, 0.05) is 16.3 Å². The second kappa shape index (κ2) is 9.01. The molecule has 1 aromatic heterocycles. The minimum Gasteiger partial charge on any atom is -0.304 e. The Morgan fingerprint density at radius 1 is 0.762 bits per heavy atom. The van der Waals surface area contributed by atoms with Crippen LogP contribution in [0.5, 0.6) is 0 Å². The molecule has 21 heavy (non-hydrogen) atoms. The van der Waals surface area contributed by atoms with E-state index in [-0.39, 0.29) is 0 Å². The molecule has 0 N–H and O–H groups in total. The summed E-state index contributed by atoms with van der Waals surface area (Å²) in [7, 11) is 4.26. The van der Waals surface area contributed by atoms with Crippen LogP contribution in [-0.2, 0) is 19.4 Å². The van der Waals surface area contributed by atoms with Gasteiger partial charge >= 0.3 is 0 Å². The molecule has 0 saturated carbocycles. The number of benzene rings is 1. The summed E-state index contributed by atoms with van der Waals surface area (Å²) in [5, 5.41) is 0. The molecule has 1 aromatic carbocycles. The summed E-state index contributed by atoms with van der Waals surface area (Å²) in [6.45, 7) is 1.07. The predicted molar refractivity (Wildman–Crippen MR) is 94.0 cm³/mol. The third-order valence-electron chi connectivity index (χ3n) is 3.67. The molecule has 1 heterocycles. The highest BCUT2D eigenvalue weighted by atomic mass is 32.1. The van der Waals surface area contributed by atoms with Crippen LogP contribution >= 0.6 is 11.3 Å². The Labute approximate surface area is 133 Å². The first-order valence-electron chi connectivity index (χ1n) is 8.00. The zero-order chi connectivity index (χ0) is 14.9. The van der Waals surface area contributed by atoms with E-state index in [9.17, 15) is 0 Å². The number of nitrogens with zero attached hydrogens (tertiary/aromatic N) is 1. The summed E-state index contributed by atoms with van der Waals surface area (Å²) in [6, 6.07) is 15.4. The monoisotopic (exact) mass is 301 g/mol. The van der Waals surface area contributed by atoms with Gasteiger partial charge in [0.25, 0.3) is 0 Å². The summed E-state index contributed by atoms with van der Waals surface area (Å²) >= 11 is 1.98. The summed E-state index contributed by atoms with van der Waals surface area (Å²) in [5.74, 6) is 0. The standard InChI is InChI=1S/C19H27NS/c1-20(2)16-19-15-14-18(21-19)13-9-4-3-6-10-17-11-7-5-8-12-17/h5,7-8,11-12,14-15H,3-4,6,9-10,13,16H2,1-2H3. The molecule has 0 aliphatic rings. The van der Waals surface area contributed by atoms with E-state index >= 15 is 0 Å². The molecule has 0 atom stereocenters. The van der Waals surface area contributed by atoms with Crippen LogP contribution in [0.25, 0.3) is 0 Å². The molecule has 0 aliphatic carbocycles. The van der Waals surface area contributed by atoms with Crippen molar-refractivity contribution in [2.75, 3.05) is 14.1 Å². The lowest BCUT2D eigenvalue weighted by molar-refractivity contribution is 0.406. The van der Waals surface area contributed by atoms with Crippen molar-refractivity contribution >= 4 is 11.3 Å². The minimum atomic E-state index is 1.07. The van der Waals surface area contributed by atoms with Crippen molar-refractivity contribution in [1.29, 1.82) is 0 Å². The number of unbranched alkanes of at least 4 members (excludes halogenated alkanes) is 3. The third-order valence-corrected chi connectivity index (χ3v) is 4.80. The summed E-state index contributed by atoms with van der Waals surface area (Å²) in [4.78, 5) is 5.27. The molecular weight excluding hydrogens is 274 g/mol. The molecule has 2 aromatic rings. The molecule has 0 radical (unpaired) electrons. The van der Waals surface area contributed by atoms with E-state index in [1.54, 1.807) is 4.88 Å². The van der Waals surface area contributed by atoms with Crippen molar-refractivity contribution in [2.24, 2.45) is 0 Å². The normalized spacial score (nSPS) is 11.2. The maximum Gasteiger partial charge on any atom is 0.0321 e. The van der Waals surface area contributed by atoms with E-state index in [0.29, 0.717) is 0 Å². The Hall–Kier alpha value is -1.12. The van der Waals surface area contributed by atoms with E-state index in [0.717, 1.165) is 6.54 Å². The fraction of sp³-hybridized carbons (Fsp3) is 0.474. The summed E-state index contributed by atoms with van der Waals surface area (Å²) in [6.07, 6.45) is 7.84. The van der Waals surface area contributed by atoms with Gasteiger partial charge in [-0.1, -0.05) is 43.2 Å². The van der Waals surface area contributed by atoms with Crippen LogP contribution in [0.15, 0.2) is 42.5 Å². The van der Waals surface area contributed by atoms with Gasteiger partial charge in [0.05, 0.1) is 0 Å². The minimum absolute atomic E-state index is 1.07. The fourth-order valence-electron chi connectivity index (χ4n) is 2.58. The fourth-order valence-corrected chi connectivity index (χ4v) is 3.76. The number of thiophene rings is 1. The smallest absolute Gasteiger partial charge is 0.0321 e. The Bertz CT molecular complexity index is 501. The highest BCUT2D eigenvalue weighted by Crippen LogP contribution is 2.20. The molecule has 0 fully saturated rings. The van der Waals surface area contributed by atoms with Crippen LogP contribution in [0, 0.1) is 0 Å². The maximum atomic E-state index is 2.31. The number of hydrogen-bond donors (Lipinski definition) is 0. The van der Waals surface area contributed by atoms with Crippen molar-refractivity contribution in [3.63, 3.8) is 0 Å². The quantitative estimate of drug-likeness (QED) is 0.579. The molecular formula is C19H27NS. The zero-order valence-corrected chi connectivity index (χ0v) is 14.2. The van der Waals surface area contributed by atoms with Crippen LogP contribution in [0.2, 0.25) is 0 Å². The molecule has 2 heteroatoms. The molecule has 0 bridgehead atoms. The number of hydrogen-bond acceptors (Lipinski definition) is 2. The van der Waals surface area contributed by atoms with Gasteiger partial charge in [0.1, 0.15) is 0 Å². The highest BCUT2D eigenvalue weighted by molar-refractivity contribution is 7.11. The lowest BCUT2D eigenvalue weighted by Gasteiger charge is -2.06. The van der Waals surface area contributed by atoms with Gasteiger partial charge in [-0.05, 0) is 57.5 Å². The van der Waals surface area contributed by atoms with E-state index < -0.39 is 0 Å². The topological polar surface area (TPSA) is 3.24 Å². The largest absolute Gasteiger partial charge is 0.304 e. The van der Waals surface area contributed by atoms with Crippen LogP contribution in [-0.4, -0.2) is 19.0 Å². The van der Waals surface area contributed by atoms with Gasteiger partial charge in [-0.25, -0.2) is 0 Å². The first-order valence-corrected chi connectivity index (χ1v) is 8.82. The average Bonchev–Trinajstić information content (AvgIpc) is 2.90. The lowest BCUT2D eigenvalue weighted by atomic mass is 10.1. The van der Waals surface area contributed by atoms with Crippen molar-refractivity contribution in [3.8, 4) is 0 Å². The summed E-state index contributed by atoms with van der Waals surface area (Å²) in [5.41, 5.74) is 1.48. The van der Waals surface area contributed by atoms with Gasteiger partial charge in [-0.2, -0.15) is 0 Å². The van der Waals surface area contributed by atoms with Gasteiger partial charge in [-0.15, -0.1) is 11.3 Å². The van der Waals surface area contributed by atoms with Crippen LogP contribution < -0.4 is 0 Å². The zero-order valence-electron chi connectivity index (χ0n) is 13.3. The number of aryl methyl sites for hydroxylation is 2.